The number of nitrogens with two attached hydrogens (primary N) is 2. The Bertz CT molecular complexity index is 1200. The highest BCUT2D eigenvalue weighted by atomic mass is 32.2. The molecule has 3 rings (SSSR count). The summed E-state index contributed by atoms with van der Waals surface area (Å²) in [5.74, 6) is -4.09. The highest BCUT2D eigenvalue weighted by molar-refractivity contribution is 7.84. The number of rotatable bonds is 9. The number of thiazole rings is 1. The Kier molecular flexibility index (Phi) is 7.02. The van der Waals surface area contributed by atoms with Crippen LogP contribution in [0.4, 0.5) is 5.13 Å². The van der Waals surface area contributed by atoms with Gasteiger partial charge in [-0.3, -0.25) is 18.9 Å². The number of hydrogen-bond donors (Lipinski definition) is 5. The lowest BCUT2D eigenvalue weighted by Gasteiger charge is -2.45. The van der Waals surface area contributed by atoms with Crippen molar-refractivity contribution in [1.82, 2.24) is 19.5 Å². The molecule has 1 unspecified atom stereocenters. The zero-order valence-electron chi connectivity index (χ0n) is 18.4. The molecular formula is C17H23N7O9S2. The molecule has 0 saturated carbocycles. The van der Waals surface area contributed by atoms with Crippen LogP contribution in [-0.2, 0) is 34.3 Å². The van der Waals surface area contributed by atoms with Crippen LogP contribution < -0.4 is 16.8 Å². The van der Waals surface area contributed by atoms with Gasteiger partial charge in [-0.15, -0.1) is 11.3 Å². The molecule has 7 N–H and O–H groups in total. The number of nitrogens with one attached hydrogen (secondary N) is 1. The molecule has 2 fully saturated rings. The van der Waals surface area contributed by atoms with Crippen molar-refractivity contribution in [2.24, 2.45) is 10.9 Å². The number of carboxylic acids is 1. The Balaban J connectivity index is 1.87. The van der Waals surface area contributed by atoms with Crippen LogP contribution in [0.5, 0.6) is 0 Å². The molecule has 1 aromatic rings. The van der Waals surface area contributed by atoms with Gasteiger partial charge in [-0.1, -0.05) is 5.16 Å². The average molecular weight is 534 g/mol. The molecular weight excluding hydrogens is 510 g/mol. The lowest BCUT2D eigenvalue weighted by Crippen LogP contribution is -2.74. The van der Waals surface area contributed by atoms with E-state index in [4.69, 9.17) is 16.3 Å². The Hall–Kier alpha value is -3.35. The van der Waals surface area contributed by atoms with Crippen molar-refractivity contribution in [3.63, 3.8) is 0 Å². The van der Waals surface area contributed by atoms with Gasteiger partial charge in [0.1, 0.15) is 11.7 Å². The minimum absolute atomic E-state index is 0.0528. The normalized spacial score (nSPS) is 23.3. The number of hydrogen-bond acceptors (Lipinski definition) is 12. The van der Waals surface area contributed by atoms with Crippen molar-refractivity contribution in [2.45, 2.75) is 44.0 Å². The van der Waals surface area contributed by atoms with E-state index in [-0.39, 0.29) is 28.2 Å². The second kappa shape index (κ2) is 9.36. The SMILES string of the molecule is CC(C)(O/N=C(\C(=O)NC1C(=O)N(S(=O)(=O)O)[C@@H]1CN1CC[C@@H](N)C1=O)c1csc(N)n1)C(=O)O. The summed E-state index contributed by atoms with van der Waals surface area (Å²) in [5, 5.41) is 16.5. The van der Waals surface area contributed by atoms with Crippen LogP contribution >= 0.6 is 11.3 Å². The van der Waals surface area contributed by atoms with Gasteiger partial charge in [-0.2, -0.15) is 8.42 Å². The van der Waals surface area contributed by atoms with Crippen LogP contribution in [-0.4, -0.2) is 98.5 Å². The Morgan fingerprint density at radius 2 is 2.03 bits per heavy atom. The first-order valence-electron chi connectivity index (χ1n) is 10.0. The summed E-state index contributed by atoms with van der Waals surface area (Å²) in [6.07, 6.45) is 0.307. The van der Waals surface area contributed by atoms with E-state index in [1.54, 1.807) is 0 Å². The molecule has 2 aliphatic heterocycles. The molecule has 1 aromatic heterocycles. The van der Waals surface area contributed by atoms with Gasteiger partial charge in [0.25, 0.3) is 11.8 Å². The standard InChI is InChI=1S/C17H23N7O9S2/c1-17(2,15(28)29)33-22-10(8-6-34-16(19)20-8)12(25)21-11-9(24(14(11)27)35(30,31)32)5-23-4-3-7(18)13(23)26/h6-7,9,11H,3-5,18H2,1-2H3,(H2,19,20)(H,21,25)(H,28,29)(H,30,31,32)/b22-10-/t7-,9-,11?/m1/s1. The van der Waals surface area contributed by atoms with Gasteiger partial charge in [-0.05, 0) is 20.3 Å². The van der Waals surface area contributed by atoms with Crippen molar-refractivity contribution < 1.29 is 42.1 Å². The molecule has 0 radical (unpaired) electrons. The van der Waals surface area contributed by atoms with Crippen molar-refractivity contribution in [3.8, 4) is 0 Å². The summed E-state index contributed by atoms with van der Waals surface area (Å²) < 4.78 is 33.0. The third-order valence-corrected chi connectivity index (χ3v) is 6.93. The lowest BCUT2D eigenvalue weighted by molar-refractivity contribution is -0.161. The molecule has 0 bridgehead atoms. The maximum Gasteiger partial charge on any atom is 0.362 e. The van der Waals surface area contributed by atoms with Gasteiger partial charge >= 0.3 is 16.3 Å². The van der Waals surface area contributed by atoms with Gasteiger partial charge in [-0.25, -0.2) is 14.1 Å². The maximum absolute atomic E-state index is 13.0. The van der Waals surface area contributed by atoms with E-state index in [0.29, 0.717) is 6.42 Å². The molecule has 192 valence electrons. The first-order valence-corrected chi connectivity index (χ1v) is 12.3. The van der Waals surface area contributed by atoms with E-state index in [1.807, 2.05) is 0 Å². The molecule has 18 heteroatoms. The number of oxime groups is 1. The molecule has 3 heterocycles. The molecule has 0 aliphatic carbocycles. The van der Waals surface area contributed by atoms with E-state index in [1.165, 1.54) is 24.1 Å². The third kappa shape index (κ3) is 5.34. The summed E-state index contributed by atoms with van der Waals surface area (Å²) in [6, 6.07) is -3.61. The zero-order chi connectivity index (χ0) is 26.3. The Morgan fingerprint density at radius 1 is 1.37 bits per heavy atom. The average Bonchev–Trinajstić information content (AvgIpc) is 3.30. The van der Waals surface area contributed by atoms with Gasteiger partial charge in [0.05, 0.1) is 12.1 Å². The van der Waals surface area contributed by atoms with Crippen LogP contribution in [0.2, 0.25) is 0 Å². The molecule has 16 nitrogen and oxygen atoms in total. The molecule has 0 aromatic carbocycles. The molecule has 2 aliphatic rings. The van der Waals surface area contributed by atoms with Gasteiger partial charge < -0.3 is 31.6 Å². The fourth-order valence-electron chi connectivity index (χ4n) is 3.32. The Morgan fingerprint density at radius 3 is 2.51 bits per heavy atom. The number of aromatic nitrogens is 1. The van der Waals surface area contributed by atoms with E-state index >= 15 is 0 Å². The lowest BCUT2D eigenvalue weighted by atomic mass is 9.97. The van der Waals surface area contributed by atoms with E-state index < -0.39 is 63.4 Å². The van der Waals surface area contributed by atoms with Crippen LogP contribution in [0.25, 0.3) is 0 Å². The van der Waals surface area contributed by atoms with Crippen molar-refractivity contribution in [1.29, 1.82) is 0 Å². The van der Waals surface area contributed by atoms with Crippen molar-refractivity contribution in [3.05, 3.63) is 11.1 Å². The molecule has 0 spiro atoms. The topological polar surface area (TPSA) is 248 Å². The van der Waals surface area contributed by atoms with E-state index in [9.17, 15) is 37.3 Å². The fourth-order valence-corrected chi connectivity index (χ4v) is 4.74. The number of amides is 3. The summed E-state index contributed by atoms with van der Waals surface area (Å²) in [7, 11) is -5.00. The number of carboxylic acid groups (broad SMARTS) is 1. The monoisotopic (exact) mass is 533 g/mol. The van der Waals surface area contributed by atoms with Gasteiger partial charge in [0.15, 0.2) is 10.8 Å². The van der Waals surface area contributed by atoms with E-state index in [2.05, 4.69) is 15.5 Å². The van der Waals surface area contributed by atoms with Crippen molar-refractivity contribution in [2.75, 3.05) is 18.8 Å². The van der Waals surface area contributed by atoms with Crippen LogP contribution in [0, 0.1) is 0 Å². The predicted octanol–water partition coefficient (Wildman–Crippen LogP) is -2.63. The summed E-state index contributed by atoms with van der Waals surface area (Å²) in [6.45, 7) is 2.21. The minimum atomic E-state index is -5.00. The predicted molar refractivity (Wildman–Crippen MR) is 119 cm³/mol. The quantitative estimate of drug-likeness (QED) is 0.0946. The zero-order valence-corrected chi connectivity index (χ0v) is 20.1. The van der Waals surface area contributed by atoms with E-state index in [0.717, 1.165) is 11.3 Å². The smallest absolute Gasteiger partial charge is 0.362 e. The minimum Gasteiger partial charge on any atom is -0.478 e. The van der Waals surface area contributed by atoms with Crippen LogP contribution in [0.1, 0.15) is 26.0 Å². The number of carbonyl (C=O) groups excluding carboxylic acids is 3. The highest BCUT2D eigenvalue weighted by Crippen LogP contribution is 2.26. The number of anilines is 1. The van der Waals surface area contributed by atoms with Crippen LogP contribution in [0.3, 0.4) is 0 Å². The summed E-state index contributed by atoms with van der Waals surface area (Å²) >= 11 is 0.945. The molecule has 3 amide bonds. The first kappa shape index (κ1) is 26.3. The fraction of sp³-hybridized carbons (Fsp3) is 0.529. The summed E-state index contributed by atoms with van der Waals surface area (Å²) in [4.78, 5) is 59.1. The van der Waals surface area contributed by atoms with Gasteiger partial charge in [0.2, 0.25) is 11.5 Å². The number of β-lactam (4-membered cyclic amide) rings is 1. The highest BCUT2D eigenvalue weighted by Gasteiger charge is 2.55. The van der Waals surface area contributed by atoms with Crippen molar-refractivity contribution >= 4 is 56.2 Å². The molecule has 3 atom stereocenters. The van der Waals surface area contributed by atoms with Gasteiger partial charge in [0, 0.05) is 18.5 Å². The van der Waals surface area contributed by atoms with Crippen LogP contribution in [0.15, 0.2) is 10.5 Å². The molecule has 2 saturated heterocycles. The first-order chi connectivity index (χ1) is 16.1. The largest absolute Gasteiger partial charge is 0.478 e. The number of likely N-dealkylation sites (tertiary alicyclic amines) is 1. The second-order valence-electron chi connectivity index (χ2n) is 8.23. The number of aliphatic carboxylic acids is 1. The number of nitrogens with zero attached hydrogens (tertiary/aromatic N) is 4. The maximum atomic E-state index is 13.0. The Labute approximate surface area is 202 Å². The summed E-state index contributed by atoms with van der Waals surface area (Å²) in [5.41, 5.74) is 8.79. The molecule has 35 heavy (non-hydrogen) atoms. The number of carbonyl (C=O) groups is 4. The third-order valence-electron chi connectivity index (χ3n) is 5.31. The second-order valence-corrected chi connectivity index (χ2v) is 10.4. The number of nitrogen functional groups attached to an aromatic ring is 1.